The molecule has 0 aliphatic heterocycles. The van der Waals surface area contributed by atoms with Gasteiger partial charge < -0.3 is 4.42 Å². The van der Waals surface area contributed by atoms with Crippen LogP contribution in [0.25, 0.3) is 17.2 Å². The lowest BCUT2D eigenvalue weighted by Crippen LogP contribution is -1.87. The zero-order valence-electron chi connectivity index (χ0n) is 7.59. The van der Waals surface area contributed by atoms with Gasteiger partial charge in [-0.2, -0.15) is 0 Å². The molecule has 5 heteroatoms. The number of aromatic nitrogens is 3. The molecule has 74 valence electrons. The molecule has 0 atom stereocenters. The van der Waals surface area contributed by atoms with Gasteiger partial charge in [0.05, 0.1) is 6.26 Å². The molecule has 4 nitrogen and oxygen atoms in total. The summed E-state index contributed by atoms with van der Waals surface area (Å²) >= 11 is 3.41. The van der Waals surface area contributed by atoms with Crippen LogP contribution in [0, 0.1) is 0 Å². The highest BCUT2D eigenvalue weighted by Gasteiger charge is 2.09. The summed E-state index contributed by atoms with van der Waals surface area (Å²) in [5.74, 6) is 1.41. The molecule has 0 saturated carbocycles. The van der Waals surface area contributed by atoms with Crippen molar-refractivity contribution in [2.24, 2.45) is 0 Å². The third-order valence-corrected chi connectivity index (χ3v) is 2.58. The van der Waals surface area contributed by atoms with Crippen molar-refractivity contribution in [3.8, 4) is 11.6 Å². The van der Waals surface area contributed by atoms with Gasteiger partial charge in [0.2, 0.25) is 5.82 Å². The van der Waals surface area contributed by atoms with Crippen LogP contribution in [0.3, 0.4) is 0 Å². The van der Waals surface area contributed by atoms with E-state index in [1.807, 2.05) is 34.9 Å². The number of hydrogen-bond acceptors (Lipinski definition) is 3. The minimum absolute atomic E-state index is 0.705. The van der Waals surface area contributed by atoms with Gasteiger partial charge in [-0.1, -0.05) is 0 Å². The van der Waals surface area contributed by atoms with Crippen molar-refractivity contribution in [1.82, 2.24) is 14.6 Å². The van der Waals surface area contributed by atoms with Crippen LogP contribution >= 0.6 is 15.9 Å². The minimum atomic E-state index is 0.705. The third kappa shape index (κ3) is 1.35. The van der Waals surface area contributed by atoms with Crippen molar-refractivity contribution < 1.29 is 4.42 Å². The number of pyridine rings is 1. The first-order valence-corrected chi connectivity index (χ1v) is 5.18. The summed E-state index contributed by atoms with van der Waals surface area (Å²) in [6.45, 7) is 0. The molecule has 3 aromatic rings. The molecule has 0 aromatic carbocycles. The Balaban J connectivity index is 2.32. The van der Waals surface area contributed by atoms with Crippen LogP contribution in [0.4, 0.5) is 0 Å². The summed E-state index contributed by atoms with van der Waals surface area (Å²) in [5.41, 5.74) is 0.796. The van der Waals surface area contributed by atoms with Gasteiger partial charge in [0, 0.05) is 10.7 Å². The second kappa shape index (κ2) is 3.20. The van der Waals surface area contributed by atoms with E-state index in [0.29, 0.717) is 11.6 Å². The SMILES string of the molecule is Brc1ccc2nnc(-c3ccco3)n2c1. The molecular weight excluding hydrogens is 258 g/mol. The molecule has 0 aliphatic rings. The first-order valence-electron chi connectivity index (χ1n) is 4.39. The Morgan fingerprint density at radius 2 is 2.13 bits per heavy atom. The van der Waals surface area contributed by atoms with Crippen molar-refractivity contribution in [3.05, 3.63) is 41.2 Å². The van der Waals surface area contributed by atoms with Crippen LogP contribution in [0.1, 0.15) is 0 Å². The van der Waals surface area contributed by atoms with E-state index in [4.69, 9.17) is 4.42 Å². The second-order valence-electron chi connectivity index (χ2n) is 3.08. The van der Waals surface area contributed by atoms with Crippen LogP contribution in [0.5, 0.6) is 0 Å². The molecule has 0 fully saturated rings. The molecule has 0 radical (unpaired) electrons. The van der Waals surface area contributed by atoms with E-state index < -0.39 is 0 Å². The summed E-state index contributed by atoms with van der Waals surface area (Å²) in [5, 5.41) is 8.13. The number of furan rings is 1. The molecule has 3 heterocycles. The predicted molar refractivity (Wildman–Crippen MR) is 58.4 cm³/mol. The smallest absolute Gasteiger partial charge is 0.204 e. The predicted octanol–water partition coefficient (Wildman–Crippen LogP) is 2.75. The number of hydrogen-bond donors (Lipinski definition) is 0. The van der Waals surface area contributed by atoms with Gasteiger partial charge in [0.1, 0.15) is 0 Å². The van der Waals surface area contributed by atoms with E-state index in [1.165, 1.54) is 0 Å². The lowest BCUT2D eigenvalue weighted by atomic mass is 10.4. The van der Waals surface area contributed by atoms with Gasteiger partial charge in [-0.15, -0.1) is 10.2 Å². The van der Waals surface area contributed by atoms with Gasteiger partial charge in [-0.05, 0) is 40.2 Å². The maximum Gasteiger partial charge on any atom is 0.204 e. The Labute approximate surface area is 93.7 Å². The van der Waals surface area contributed by atoms with Gasteiger partial charge in [-0.25, -0.2) is 0 Å². The first kappa shape index (κ1) is 8.67. The monoisotopic (exact) mass is 263 g/mol. The summed E-state index contributed by atoms with van der Waals surface area (Å²) in [6, 6.07) is 7.51. The summed E-state index contributed by atoms with van der Waals surface area (Å²) < 4.78 is 8.14. The van der Waals surface area contributed by atoms with E-state index in [0.717, 1.165) is 10.1 Å². The van der Waals surface area contributed by atoms with Crippen molar-refractivity contribution in [3.63, 3.8) is 0 Å². The van der Waals surface area contributed by atoms with Gasteiger partial charge in [0.25, 0.3) is 0 Å². The fourth-order valence-electron chi connectivity index (χ4n) is 1.44. The van der Waals surface area contributed by atoms with Crippen LogP contribution < -0.4 is 0 Å². The lowest BCUT2D eigenvalue weighted by molar-refractivity contribution is 0.576. The van der Waals surface area contributed by atoms with Gasteiger partial charge >= 0.3 is 0 Å². The highest BCUT2D eigenvalue weighted by Crippen LogP contribution is 2.20. The van der Waals surface area contributed by atoms with Crippen molar-refractivity contribution >= 4 is 21.6 Å². The molecular formula is C10H6BrN3O. The number of fused-ring (bicyclic) bond motifs is 1. The molecule has 0 unspecified atom stereocenters. The Morgan fingerprint density at radius 1 is 1.20 bits per heavy atom. The molecule has 3 rings (SSSR count). The van der Waals surface area contributed by atoms with Crippen molar-refractivity contribution in [1.29, 1.82) is 0 Å². The first-order chi connectivity index (χ1) is 7.34. The number of rotatable bonds is 1. The Hall–Kier alpha value is -1.62. The fraction of sp³-hybridized carbons (Fsp3) is 0. The Kier molecular flexibility index (Phi) is 1.85. The maximum atomic E-state index is 5.29. The van der Waals surface area contributed by atoms with E-state index in [1.54, 1.807) is 6.26 Å². The molecule has 15 heavy (non-hydrogen) atoms. The number of nitrogens with zero attached hydrogens (tertiary/aromatic N) is 3. The molecule has 0 saturated heterocycles. The summed E-state index contributed by atoms with van der Waals surface area (Å²) in [6.07, 6.45) is 3.53. The fourth-order valence-corrected chi connectivity index (χ4v) is 1.78. The van der Waals surface area contributed by atoms with E-state index >= 15 is 0 Å². The quantitative estimate of drug-likeness (QED) is 0.678. The highest BCUT2D eigenvalue weighted by atomic mass is 79.9. The number of halogens is 1. The Bertz CT molecular complexity index is 600. The lowest BCUT2D eigenvalue weighted by Gasteiger charge is -1.96. The minimum Gasteiger partial charge on any atom is -0.461 e. The average Bonchev–Trinajstić information content (AvgIpc) is 2.83. The van der Waals surface area contributed by atoms with Crippen molar-refractivity contribution in [2.45, 2.75) is 0 Å². The van der Waals surface area contributed by atoms with Crippen LogP contribution in [-0.2, 0) is 0 Å². The third-order valence-electron chi connectivity index (χ3n) is 2.11. The van der Waals surface area contributed by atoms with E-state index in [9.17, 15) is 0 Å². The van der Waals surface area contributed by atoms with Crippen LogP contribution in [0.15, 0.2) is 45.6 Å². The molecule has 0 spiro atoms. The topological polar surface area (TPSA) is 43.3 Å². The zero-order chi connectivity index (χ0) is 10.3. The Morgan fingerprint density at radius 3 is 2.93 bits per heavy atom. The maximum absolute atomic E-state index is 5.29. The van der Waals surface area contributed by atoms with Crippen LogP contribution in [-0.4, -0.2) is 14.6 Å². The van der Waals surface area contributed by atoms with Crippen molar-refractivity contribution in [2.75, 3.05) is 0 Å². The summed E-state index contributed by atoms with van der Waals surface area (Å²) in [7, 11) is 0. The molecule has 0 amide bonds. The van der Waals surface area contributed by atoms with E-state index in [2.05, 4.69) is 26.1 Å². The van der Waals surface area contributed by atoms with Gasteiger partial charge in [-0.3, -0.25) is 4.40 Å². The second-order valence-corrected chi connectivity index (χ2v) is 3.99. The zero-order valence-corrected chi connectivity index (χ0v) is 9.18. The van der Waals surface area contributed by atoms with Crippen LogP contribution in [0.2, 0.25) is 0 Å². The van der Waals surface area contributed by atoms with Gasteiger partial charge in [0.15, 0.2) is 11.4 Å². The average molecular weight is 264 g/mol. The molecule has 0 bridgehead atoms. The molecule has 0 N–H and O–H groups in total. The molecule has 0 aliphatic carbocycles. The highest BCUT2D eigenvalue weighted by molar-refractivity contribution is 9.10. The molecule has 3 aromatic heterocycles. The normalized spacial score (nSPS) is 11.0. The van der Waals surface area contributed by atoms with E-state index in [-0.39, 0.29) is 0 Å². The largest absolute Gasteiger partial charge is 0.461 e. The standard InChI is InChI=1S/C10H6BrN3O/c11-7-3-4-9-12-13-10(14(9)6-7)8-2-1-5-15-8/h1-6H. The summed E-state index contributed by atoms with van der Waals surface area (Å²) in [4.78, 5) is 0.